The van der Waals surface area contributed by atoms with Crippen molar-refractivity contribution in [2.24, 2.45) is 0 Å². The van der Waals surface area contributed by atoms with Crippen LogP contribution < -0.4 is 10.6 Å². The van der Waals surface area contributed by atoms with E-state index in [2.05, 4.69) is 16.6 Å². The average molecular weight is 202 g/mol. The lowest BCUT2D eigenvalue weighted by atomic mass is 10.1. The predicted molar refractivity (Wildman–Crippen MR) is 61.8 cm³/mol. The molecule has 0 saturated heterocycles. The molecule has 15 heavy (non-hydrogen) atoms. The van der Waals surface area contributed by atoms with Crippen LogP contribution in [-0.2, 0) is 0 Å². The summed E-state index contributed by atoms with van der Waals surface area (Å²) in [7, 11) is 0. The molecule has 3 heteroatoms. The van der Waals surface area contributed by atoms with Crippen LogP contribution >= 0.6 is 0 Å². The molecule has 0 heterocycles. The van der Waals surface area contributed by atoms with E-state index in [-0.39, 0.29) is 12.5 Å². The summed E-state index contributed by atoms with van der Waals surface area (Å²) in [5.74, 6) is 2.22. The highest BCUT2D eigenvalue weighted by Crippen LogP contribution is 2.14. The molecule has 0 aromatic heterocycles. The van der Waals surface area contributed by atoms with E-state index in [1.54, 1.807) is 6.07 Å². The average Bonchev–Trinajstić information content (AvgIpc) is 2.27. The maximum absolute atomic E-state index is 11.7. The van der Waals surface area contributed by atoms with Gasteiger partial charge in [-0.3, -0.25) is 4.79 Å². The molecule has 0 bridgehead atoms. The van der Waals surface area contributed by atoms with Crippen molar-refractivity contribution in [1.82, 2.24) is 5.32 Å². The first-order chi connectivity index (χ1) is 7.29. The normalized spacial score (nSPS) is 9.07. The Morgan fingerprint density at radius 3 is 2.87 bits per heavy atom. The van der Waals surface area contributed by atoms with Crippen LogP contribution in [0.1, 0.15) is 17.3 Å². The zero-order chi connectivity index (χ0) is 11.1. The first-order valence-electron chi connectivity index (χ1n) is 4.84. The van der Waals surface area contributed by atoms with Gasteiger partial charge in [0.15, 0.2) is 0 Å². The van der Waals surface area contributed by atoms with Crippen LogP contribution in [0.15, 0.2) is 24.3 Å². The number of carbonyl (C=O) groups excluding carboxylic acids is 1. The maximum Gasteiger partial charge on any atom is 0.254 e. The van der Waals surface area contributed by atoms with Crippen molar-refractivity contribution < 1.29 is 4.79 Å². The van der Waals surface area contributed by atoms with E-state index in [1.807, 2.05) is 25.1 Å². The molecule has 1 rings (SSSR count). The van der Waals surface area contributed by atoms with Crippen molar-refractivity contribution in [2.45, 2.75) is 6.92 Å². The summed E-state index contributed by atoms with van der Waals surface area (Å²) in [6, 6.07) is 7.35. The zero-order valence-corrected chi connectivity index (χ0v) is 8.71. The molecule has 3 nitrogen and oxygen atoms in total. The van der Waals surface area contributed by atoms with E-state index in [1.165, 1.54) is 0 Å². The van der Waals surface area contributed by atoms with Gasteiger partial charge < -0.3 is 10.6 Å². The summed E-state index contributed by atoms with van der Waals surface area (Å²) in [4.78, 5) is 11.7. The Hall–Kier alpha value is -1.95. The summed E-state index contributed by atoms with van der Waals surface area (Å²) >= 11 is 0. The summed E-state index contributed by atoms with van der Waals surface area (Å²) < 4.78 is 0. The summed E-state index contributed by atoms with van der Waals surface area (Å²) in [6.45, 7) is 3.01. The number of amides is 1. The Kier molecular flexibility index (Phi) is 4.24. The van der Waals surface area contributed by atoms with E-state index in [4.69, 9.17) is 6.42 Å². The van der Waals surface area contributed by atoms with Crippen molar-refractivity contribution in [3.8, 4) is 12.3 Å². The van der Waals surface area contributed by atoms with Gasteiger partial charge in [-0.25, -0.2) is 0 Å². The maximum atomic E-state index is 11.7. The van der Waals surface area contributed by atoms with Crippen LogP contribution in [0.5, 0.6) is 0 Å². The van der Waals surface area contributed by atoms with Crippen LogP contribution in [0.25, 0.3) is 0 Å². The minimum absolute atomic E-state index is 0.149. The number of hydrogen-bond donors (Lipinski definition) is 2. The number of terminal acetylenes is 1. The molecule has 0 aliphatic carbocycles. The van der Waals surface area contributed by atoms with Crippen LogP contribution in [0, 0.1) is 12.3 Å². The molecular weight excluding hydrogens is 188 g/mol. The molecule has 0 unspecified atom stereocenters. The first kappa shape index (κ1) is 11.1. The molecule has 0 fully saturated rings. The molecule has 1 aromatic carbocycles. The molecule has 78 valence electrons. The number of nitrogens with one attached hydrogen (secondary N) is 2. The number of rotatable bonds is 4. The Morgan fingerprint density at radius 2 is 2.20 bits per heavy atom. The number of hydrogen-bond acceptors (Lipinski definition) is 2. The van der Waals surface area contributed by atoms with Crippen LogP contribution in [0.2, 0.25) is 0 Å². The number of anilines is 1. The lowest BCUT2D eigenvalue weighted by Gasteiger charge is -2.09. The van der Waals surface area contributed by atoms with Gasteiger partial charge in [-0.2, -0.15) is 0 Å². The lowest BCUT2D eigenvalue weighted by Crippen LogP contribution is -2.24. The second-order valence-corrected chi connectivity index (χ2v) is 2.96. The Bertz CT molecular complexity index is 379. The van der Waals surface area contributed by atoms with Gasteiger partial charge in [0.2, 0.25) is 0 Å². The smallest absolute Gasteiger partial charge is 0.254 e. The quantitative estimate of drug-likeness (QED) is 0.726. The van der Waals surface area contributed by atoms with Gasteiger partial charge in [-0.15, -0.1) is 6.42 Å². The second-order valence-electron chi connectivity index (χ2n) is 2.96. The zero-order valence-electron chi connectivity index (χ0n) is 8.71. The SMILES string of the molecule is C#CCNC(=O)c1ccccc1NCC. The monoisotopic (exact) mass is 202 g/mol. The minimum atomic E-state index is -0.149. The Morgan fingerprint density at radius 1 is 1.47 bits per heavy atom. The standard InChI is InChI=1S/C12H14N2O/c1-3-9-14-12(15)10-7-5-6-8-11(10)13-4-2/h1,5-8,13H,4,9H2,2H3,(H,14,15). The number of carbonyl (C=O) groups is 1. The van der Waals surface area contributed by atoms with Gasteiger partial charge in [0.1, 0.15) is 0 Å². The van der Waals surface area contributed by atoms with Gasteiger partial charge in [0.05, 0.1) is 12.1 Å². The molecule has 2 N–H and O–H groups in total. The van der Waals surface area contributed by atoms with E-state index >= 15 is 0 Å². The van der Waals surface area contributed by atoms with E-state index in [0.717, 1.165) is 12.2 Å². The molecular formula is C12H14N2O. The van der Waals surface area contributed by atoms with Crippen molar-refractivity contribution in [3.05, 3.63) is 29.8 Å². The van der Waals surface area contributed by atoms with Crippen LogP contribution in [-0.4, -0.2) is 19.0 Å². The molecule has 0 saturated carbocycles. The van der Waals surface area contributed by atoms with Gasteiger partial charge >= 0.3 is 0 Å². The first-order valence-corrected chi connectivity index (χ1v) is 4.84. The Balaban J connectivity index is 2.83. The van der Waals surface area contributed by atoms with Crippen LogP contribution in [0.4, 0.5) is 5.69 Å². The predicted octanol–water partition coefficient (Wildman–Crippen LogP) is 1.48. The Labute approximate surface area is 89.9 Å². The van der Waals surface area contributed by atoms with Crippen molar-refractivity contribution in [2.75, 3.05) is 18.4 Å². The van der Waals surface area contributed by atoms with Gasteiger partial charge in [0, 0.05) is 12.2 Å². The van der Waals surface area contributed by atoms with E-state index in [0.29, 0.717) is 5.56 Å². The molecule has 0 atom stereocenters. The highest BCUT2D eigenvalue weighted by Gasteiger charge is 2.08. The largest absolute Gasteiger partial charge is 0.385 e. The molecule has 0 aliphatic rings. The van der Waals surface area contributed by atoms with Crippen LogP contribution in [0.3, 0.4) is 0 Å². The van der Waals surface area contributed by atoms with Gasteiger partial charge in [-0.05, 0) is 19.1 Å². The summed E-state index contributed by atoms with van der Waals surface area (Å²) in [6.07, 6.45) is 5.07. The van der Waals surface area contributed by atoms with Crippen molar-refractivity contribution in [1.29, 1.82) is 0 Å². The highest BCUT2D eigenvalue weighted by atomic mass is 16.1. The summed E-state index contributed by atoms with van der Waals surface area (Å²) in [5, 5.41) is 5.75. The topological polar surface area (TPSA) is 41.1 Å². The number of para-hydroxylation sites is 1. The second kappa shape index (κ2) is 5.71. The van der Waals surface area contributed by atoms with E-state index in [9.17, 15) is 4.79 Å². The fourth-order valence-corrected chi connectivity index (χ4v) is 1.25. The third kappa shape index (κ3) is 3.03. The third-order valence-electron chi connectivity index (χ3n) is 1.89. The molecule has 1 amide bonds. The van der Waals surface area contributed by atoms with Gasteiger partial charge in [-0.1, -0.05) is 18.1 Å². The molecule has 0 aliphatic heterocycles. The fraction of sp³-hybridized carbons (Fsp3) is 0.250. The fourth-order valence-electron chi connectivity index (χ4n) is 1.25. The van der Waals surface area contributed by atoms with Crippen molar-refractivity contribution in [3.63, 3.8) is 0 Å². The lowest BCUT2D eigenvalue weighted by molar-refractivity contribution is 0.0959. The molecule has 1 aromatic rings. The number of benzene rings is 1. The third-order valence-corrected chi connectivity index (χ3v) is 1.89. The summed E-state index contributed by atoms with van der Waals surface area (Å²) in [5.41, 5.74) is 1.45. The van der Waals surface area contributed by atoms with Crippen molar-refractivity contribution >= 4 is 11.6 Å². The molecule has 0 spiro atoms. The van der Waals surface area contributed by atoms with E-state index < -0.39 is 0 Å². The molecule has 0 radical (unpaired) electrons. The van der Waals surface area contributed by atoms with Gasteiger partial charge in [0.25, 0.3) is 5.91 Å². The highest BCUT2D eigenvalue weighted by molar-refractivity contribution is 5.99. The minimum Gasteiger partial charge on any atom is -0.385 e.